The van der Waals surface area contributed by atoms with Gasteiger partial charge >= 0.3 is 0 Å². The second-order valence-corrected chi connectivity index (χ2v) is 12.2. The minimum atomic E-state index is -0.449. The molecule has 0 radical (unpaired) electrons. The molecule has 0 atom stereocenters. The summed E-state index contributed by atoms with van der Waals surface area (Å²) in [4.78, 5) is 0. The lowest BCUT2D eigenvalue weighted by atomic mass is 9.85. The van der Waals surface area contributed by atoms with Crippen molar-refractivity contribution in [2.45, 2.75) is 0 Å². The van der Waals surface area contributed by atoms with Crippen LogP contribution in [0.2, 0.25) is 0 Å². The maximum Gasteiger partial charge on any atom is 0.143 e. The average Bonchev–Trinajstić information content (AvgIpc) is 3.65. The highest BCUT2D eigenvalue weighted by atomic mass is 16.3. The van der Waals surface area contributed by atoms with Crippen LogP contribution in [0.3, 0.4) is 0 Å². The minimum absolute atomic E-state index is 0.142. The Kier molecular flexibility index (Phi) is 4.69. The van der Waals surface area contributed by atoms with Gasteiger partial charge in [0.05, 0.1) is 11.0 Å². The van der Waals surface area contributed by atoms with Crippen LogP contribution >= 0.6 is 0 Å². The molecule has 0 aliphatic carbocycles. The van der Waals surface area contributed by atoms with E-state index >= 15 is 0 Å². The summed E-state index contributed by atoms with van der Waals surface area (Å²) in [7, 11) is 0. The summed E-state index contributed by atoms with van der Waals surface area (Å²) in [6.45, 7) is 0. The highest BCUT2D eigenvalue weighted by molar-refractivity contribution is 6.24. The molecule has 1 heteroatoms. The molecule has 0 aliphatic heterocycles. The Morgan fingerprint density at radius 3 is 1.55 bits per heavy atom. The van der Waals surface area contributed by atoms with Crippen molar-refractivity contribution in [1.82, 2.24) is 0 Å². The maximum atomic E-state index is 9.43. The van der Waals surface area contributed by atoms with Gasteiger partial charge in [-0.25, -0.2) is 0 Å². The molecule has 1 nitrogen and oxygen atoms in total. The van der Waals surface area contributed by atoms with Gasteiger partial charge in [0.25, 0.3) is 0 Å². The number of furan rings is 1. The molecule has 9 aromatic carbocycles. The smallest absolute Gasteiger partial charge is 0.143 e. The third-order valence-electron chi connectivity index (χ3n) is 9.51. The lowest BCUT2D eigenvalue weighted by Gasteiger charge is -2.18. The molecule has 0 saturated heterocycles. The molecule has 0 amide bonds. The van der Waals surface area contributed by atoms with Gasteiger partial charge in [0.2, 0.25) is 0 Å². The molecule has 0 bridgehead atoms. The van der Waals surface area contributed by atoms with E-state index in [1.165, 1.54) is 0 Å². The highest BCUT2D eigenvalue weighted by Crippen LogP contribution is 2.47. The van der Waals surface area contributed by atoms with Crippen LogP contribution in [-0.2, 0) is 0 Å². The summed E-state index contributed by atoms with van der Waals surface area (Å²) in [5.41, 5.74) is 6.36. The lowest BCUT2D eigenvalue weighted by molar-refractivity contribution is 0.671. The predicted molar refractivity (Wildman–Crippen MR) is 208 cm³/mol. The number of fused-ring (bicyclic) bond motifs is 6. The van der Waals surface area contributed by atoms with Crippen LogP contribution in [0, 0.1) is 0 Å². The SMILES string of the molecule is [2H]c1c([2H])c([2H])c2c(-c3cccc4c3oc3c(-c5ccccc5)cccc34)c3c([2H])c([2H])c([2H])c([2H])c3c(-c3ccc(-c4ccc5ccccc5c4)cc3)c2c1[2H]. The summed E-state index contributed by atoms with van der Waals surface area (Å²) < 4.78 is 79.8. The topological polar surface area (TPSA) is 13.1 Å². The molecule has 228 valence electrons. The number of benzene rings is 9. The van der Waals surface area contributed by atoms with Crippen LogP contribution in [0.1, 0.15) is 11.0 Å². The monoisotopic (exact) mass is 630 g/mol. The molecule has 0 unspecified atom stereocenters. The quantitative estimate of drug-likeness (QED) is 0.176. The normalized spacial score (nSPS) is 14.0. The third kappa shape index (κ3) is 4.40. The molecular weight excluding hydrogens is 593 g/mol. The molecule has 0 N–H and O–H groups in total. The van der Waals surface area contributed by atoms with Crippen LogP contribution in [0.4, 0.5) is 0 Å². The van der Waals surface area contributed by atoms with E-state index in [-0.39, 0.29) is 51.3 Å². The largest absolute Gasteiger partial charge is 0.455 e. The molecule has 10 rings (SSSR count). The minimum Gasteiger partial charge on any atom is -0.455 e. The Morgan fingerprint density at radius 2 is 0.878 bits per heavy atom. The zero-order valence-electron chi connectivity index (χ0n) is 34.1. The van der Waals surface area contributed by atoms with Crippen LogP contribution in [0.5, 0.6) is 0 Å². The van der Waals surface area contributed by atoms with Gasteiger partial charge in [-0.05, 0) is 66.2 Å². The molecule has 1 aromatic heterocycles. The molecule has 0 aliphatic rings. The van der Waals surface area contributed by atoms with Gasteiger partial charge in [-0.1, -0.05) is 176 Å². The second-order valence-electron chi connectivity index (χ2n) is 12.2. The first-order chi connectivity index (χ1) is 27.6. The van der Waals surface area contributed by atoms with Crippen LogP contribution in [-0.4, -0.2) is 0 Å². The van der Waals surface area contributed by atoms with E-state index in [0.717, 1.165) is 43.8 Å². The first-order valence-electron chi connectivity index (χ1n) is 20.2. The third-order valence-corrected chi connectivity index (χ3v) is 9.51. The summed E-state index contributed by atoms with van der Waals surface area (Å²) in [6, 6.07) is 40.2. The van der Waals surface area contributed by atoms with Gasteiger partial charge in [-0.15, -0.1) is 0 Å². The van der Waals surface area contributed by atoms with E-state index in [1.54, 1.807) is 6.07 Å². The fourth-order valence-electron chi connectivity index (χ4n) is 7.24. The Labute approximate surface area is 295 Å². The van der Waals surface area contributed by atoms with Gasteiger partial charge in [0.15, 0.2) is 0 Å². The average molecular weight is 631 g/mol. The fraction of sp³-hybridized carbons (Fsp3) is 0. The second kappa shape index (κ2) is 11.1. The molecular formula is C48H30O. The van der Waals surface area contributed by atoms with Crippen molar-refractivity contribution < 1.29 is 15.4 Å². The Hall–Kier alpha value is -6.44. The molecule has 0 fully saturated rings. The summed E-state index contributed by atoms with van der Waals surface area (Å²) >= 11 is 0. The van der Waals surface area contributed by atoms with Gasteiger partial charge in [-0.3, -0.25) is 0 Å². The summed E-state index contributed by atoms with van der Waals surface area (Å²) in [5.74, 6) is 0. The van der Waals surface area contributed by atoms with Crippen molar-refractivity contribution in [3.63, 3.8) is 0 Å². The molecule has 1 heterocycles. The van der Waals surface area contributed by atoms with Crippen molar-refractivity contribution in [2.24, 2.45) is 0 Å². The van der Waals surface area contributed by atoms with E-state index in [2.05, 4.69) is 24.3 Å². The number of rotatable bonds is 4. The van der Waals surface area contributed by atoms with Crippen molar-refractivity contribution in [3.8, 4) is 44.5 Å². The summed E-state index contributed by atoms with van der Waals surface area (Å²) in [6.07, 6.45) is 0. The summed E-state index contributed by atoms with van der Waals surface area (Å²) in [5, 5.41) is 4.41. The lowest BCUT2D eigenvalue weighted by Crippen LogP contribution is -1.91. The van der Waals surface area contributed by atoms with Gasteiger partial charge in [-0.2, -0.15) is 0 Å². The van der Waals surface area contributed by atoms with Gasteiger partial charge in [0, 0.05) is 27.5 Å². The zero-order chi connectivity index (χ0) is 39.3. The highest BCUT2D eigenvalue weighted by Gasteiger charge is 2.21. The first kappa shape index (κ1) is 20.7. The van der Waals surface area contributed by atoms with Gasteiger partial charge < -0.3 is 4.42 Å². The van der Waals surface area contributed by atoms with Crippen molar-refractivity contribution in [2.75, 3.05) is 0 Å². The molecule has 10 aromatic rings. The number of hydrogen-bond donors (Lipinski definition) is 0. The maximum absolute atomic E-state index is 9.43. The fourth-order valence-corrected chi connectivity index (χ4v) is 7.24. The van der Waals surface area contributed by atoms with E-state index in [9.17, 15) is 5.48 Å². The predicted octanol–water partition coefficient (Wildman–Crippen LogP) is 13.7. The van der Waals surface area contributed by atoms with E-state index in [4.69, 9.17) is 9.90 Å². The standard InChI is InChI=1S/C48H30O/c1-2-13-33(14-3-1)37-20-10-21-42-43-22-11-23-44(48(43)49-47(37)42)46-40-18-8-6-16-38(40)45(39-17-7-9-19-41(39)46)34-27-24-32(25-28-34)36-29-26-31-12-4-5-15-35(31)30-36/h1-30H/i6D,7D,8D,9D,16D,17D,18D,19D. The molecule has 0 spiro atoms. The molecule has 49 heavy (non-hydrogen) atoms. The molecule has 0 saturated carbocycles. The van der Waals surface area contributed by atoms with E-state index < -0.39 is 24.2 Å². The van der Waals surface area contributed by atoms with Gasteiger partial charge in [0.1, 0.15) is 11.2 Å². The first-order valence-corrected chi connectivity index (χ1v) is 16.2. The number of hydrogen-bond acceptors (Lipinski definition) is 1. The van der Waals surface area contributed by atoms with Crippen molar-refractivity contribution in [3.05, 3.63) is 182 Å². The number of para-hydroxylation sites is 2. The Morgan fingerprint density at radius 1 is 0.347 bits per heavy atom. The zero-order valence-corrected chi connectivity index (χ0v) is 26.1. The van der Waals surface area contributed by atoms with Crippen LogP contribution in [0.15, 0.2) is 186 Å². The van der Waals surface area contributed by atoms with Crippen molar-refractivity contribution in [1.29, 1.82) is 0 Å². The van der Waals surface area contributed by atoms with Crippen LogP contribution in [0.25, 0.3) is 98.8 Å². The Balaban J connectivity index is 1.33. The van der Waals surface area contributed by atoms with E-state index in [0.29, 0.717) is 27.9 Å². The van der Waals surface area contributed by atoms with Crippen LogP contribution < -0.4 is 0 Å². The van der Waals surface area contributed by atoms with E-state index in [1.807, 2.05) is 103 Å². The van der Waals surface area contributed by atoms with Crippen molar-refractivity contribution >= 4 is 54.3 Å². The Bertz CT molecular complexity index is 3240.